The second-order valence-electron chi connectivity index (χ2n) is 15.0. The summed E-state index contributed by atoms with van der Waals surface area (Å²) in [4.78, 5) is 5.06. The number of aromatic nitrogens is 2. The molecule has 0 saturated carbocycles. The van der Waals surface area contributed by atoms with Crippen molar-refractivity contribution in [2.24, 2.45) is 5.92 Å². The summed E-state index contributed by atoms with van der Waals surface area (Å²) in [6, 6.07) is 70.1. The van der Waals surface area contributed by atoms with Gasteiger partial charge in [0.05, 0.1) is 5.52 Å². The van der Waals surface area contributed by atoms with Crippen LogP contribution in [0.3, 0.4) is 0 Å². The van der Waals surface area contributed by atoms with Crippen LogP contribution in [0.15, 0.2) is 176 Å². The van der Waals surface area contributed by atoms with Crippen molar-refractivity contribution in [3.63, 3.8) is 0 Å². The number of rotatable bonds is 5. The molecule has 11 rings (SSSR count). The molecule has 1 atom stereocenters. The first-order valence-corrected chi connectivity index (χ1v) is 19.4. The standard InChI is InChI=1S/C54H36N2/c1-35-31-48-49(34-47(35)38-25-27-39(28-26-38)54-55-50-21-11-12-22-51(50)56(54)44-17-3-2-4-18-44)53(43-30-24-37-14-6-8-16-41(37)33-43)46-20-10-9-19-45(46)52(48)42-29-23-36-13-5-7-15-40(36)32-42/h2-10,12-20,22-30,32-35H,31H2,1H3. The number of benzene rings is 8. The lowest BCUT2D eigenvalue weighted by molar-refractivity contribution is 0.739. The molecule has 0 bridgehead atoms. The van der Waals surface area contributed by atoms with Gasteiger partial charge in [-0.25, -0.2) is 4.98 Å². The van der Waals surface area contributed by atoms with Crippen LogP contribution in [-0.2, 0) is 6.42 Å². The number of para-hydroxylation sites is 1. The zero-order chi connectivity index (χ0) is 37.2. The van der Waals surface area contributed by atoms with E-state index in [4.69, 9.17) is 4.98 Å². The highest BCUT2D eigenvalue weighted by Crippen LogP contribution is 2.49. The van der Waals surface area contributed by atoms with Gasteiger partial charge in [-0.15, -0.1) is 0 Å². The van der Waals surface area contributed by atoms with Gasteiger partial charge in [-0.1, -0.05) is 153 Å². The first-order valence-electron chi connectivity index (χ1n) is 19.4. The minimum atomic E-state index is 0.303. The number of nitrogens with zero attached hydrogens (tertiary/aromatic N) is 2. The molecule has 0 aliphatic heterocycles. The predicted molar refractivity (Wildman–Crippen MR) is 235 cm³/mol. The molecule has 262 valence electrons. The summed E-state index contributed by atoms with van der Waals surface area (Å²) in [5.41, 5.74) is 14.4. The highest BCUT2D eigenvalue weighted by Gasteiger charge is 2.28. The monoisotopic (exact) mass is 712 g/mol. The molecule has 0 fully saturated rings. The molecule has 9 aromatic carbocycles. The molecule has 2 nitrogen and oxygen atoms in total. The Morgan fingerprint density at radius 1 is 0.554 bits per heavy atom. The fraction of sp³-hybridized carbons (Fsp3) is 0.0556. The van der Waals surface area contributed by atoms with E-state index in [0.717, 1.165) is 34.5 Å². The topological polar surface area (TPSA) is 17.8 Å². The summed E-state index contributed by atoms with van der Waals surface area (Å²) in [6.07, 6.45) is 3.44. The highest BCUT2D eigenvalue weighted by molar-refractivity contribution is 6.13. The fourth-order valence-corrected chi connectivity index (χ4v) is 9.05. The maximum absolute atomic E-state index is 5.06. The van der Waals surface area contributed by atoms with Gasteiger partial charge in [-0.3, -0.25) is 4.57 Å². The Kier molecular flexibility index (Phi) is 7.47. The second-order valence-corrected chi connectivity index (χ2v) is 15.0. The van der Waals surface area contributed by atoms with Crippen molar-refractivity contribution < 1.29 is 0 Å². The van der Waals surface area contributed by atoms with Crippen molar-refractivity contribution in [3.05, 3.63) is 205 Å². The average Bonchev–Trinajstić information content (AvgIpc) is 3.65. The van der Waals surface area contributed by atoms with Crippen LogP contribution in [0.5, 0.6) is 0 Å². The van der Waals surface area contributed by atoms with E-state index in [2.05, 4.69) is 193 Å². The maximum Gasteiger partial charge on any atom is 0.146 e. The lowest BCUT2D eigenvalue weighted by atomic mass is 9.74. The molecule has 1 aliphatic rings. The average molecular weight is 713 g/mol. The Labute approximate surface area is 326 Å². The summed E-state index contributed by atoms with van der Waals surface area (Å²) in [5.74, 6) is 1.20. The van der Waals surface area contributed by atoms with Crippen LogP contribution in [0, 0.1) is 18.1 Å². The van der Waals surface area contributed by atoms with Crippen molar-refractivity contribution in [1.82, 2.24) is 9.55 Å². The lowest BCUT2D eigenvalue weighted by Crippen LogP contribution is -2.12. The molecule has 0 N–H and O–H groups in total. The summed E-state index contributed by atoms with van der Waals surface area (Å²) in [5, 5.41) is 7.61. The van der Waals surface area contributed by atoms with Crippen LogP contribution >= 0.6 is 0 Å². The fourth-order valence-electron chi connectivity index (χ4n) is 9.05. The number of hydrogen-bond donors (Lipinski definition) is 0. The van der Waals surface area contributed by atoms with E-state index in [0.29, 0.717) is 5.92 Å². The number of fused-ring (bicyclic) bond motifs is 5. The van der Waals surface area contributed by atoms with E-state index >= 15 is 0 Å². The Morgan fingerprint density at radius 3 is 1.82 bits per heavy atom. The summed E-state index contributed by atoms with van der Waals surface area (Å²) in [6.45, 7) is 2.39. The van der Waals surface area contributed by atoms with Crippen molar-refractivity contribution in [2.75, 3.05) is 0 Å². The van der Waals surface area contributed by atoms with Crippen LogP contribution < -0.4 is 0 Å². The van der Waals surface area contributed by atoms with Crippen molar-refractivity contribution in [2.45, 2.75) is 13.3 Å². The van der Waals surface area contributed by atoms with Gasteiger partial charge in [0.15, 0.2) is 0 Å². The van der Waals surface area contributed by atoms with Gasteiger partial charge in [0.2, 0.25) is 0 Å². The van der Waals surface area contributed by atoms with Gasteiger partial charge in [0.1, 0.15) is 11.3 Å². The highest BCUT2D eigenvalue weighted by atomic mass is 15.1. The summed E-state index contributed by atoms with van der Waals surface area (Å²) < 4.78 is 2.22. The van der Waals surface area contributed by atoms with E-state index in [-0.39, 0.29) is 0 Å². The largest absolute Gasteiger partial charge is 0.292 e. The second kappa shape index (κ2) is 13.0. The van der Waals surface area contributed by atoms with E-state index in [1.807, 2.05) is 12.1 Å². The third-order valence-electron chi connectivity index (χ3n) is 11.7. The molecule has 0 radical (unpaired) electrons. The first-order chi connectivity index (χ1) is 27.7. The van der Waals surface area contributed by atoms with Crippen LogP contribution in [-0.4, -0.2) is 9.55 Å². The van der Waals surface area contributed by atoms with E-state index in [1.54, 1.807) is 0 Å². The summed E-state index contributed by atoms with van der Waals surface area (Å²) in [7, 11) is 0. The molecule has 1 unspecified atom stereocenters. The van der Waals surface area contributed by atoms with Gasteiger partial charge >= 0.3 is 0 Å². The normalized spacial score (nSPS) is 13.9. The summed E-state index contributed by atoms with van der Waals surface area (Å²) >= 11 is 0. The van der Waals surface area contributed by atoms with Crippen LogP contribution in [0.2, 0.25) is 0 Å². The molecule has 0 spiro atoms. The molecule has 1 heterocycles. The zero-order valence-electron chi connectivity index (χ0n) is 31.0. The smallest absolute Gasteiger partial charge is 0.146 e. The van der Waals surface area contributed by atoms with Gasteiger partial charge < -0.3 is 0 Å². The minimum Gasteiger partial charge on any atom is -0.292 e. The molecule has 1 aliphatic carbocycles. The van der Waals surface area contributed by atoms with Gasteiger partial charge in [-0.2, -0.15) is 0 Å². The van der Waals surface area contributed by atoms with Crippen LogP contribution in [0.1, 0.15) is 23.6 Å². The molecule has 1 aromatic heterocycles. The molecular weight excluding hydrogens is 677 g/mol. The molecule has 0 saturated heterocycles. The van der Waals surface area contributed by atoms with E-state index in [9.17, 15) is 0 Å². The lowest BCUT2D eigenvalue weighted by Gasteiger charge is -2.30. The number of imidazole rings is 1. The molecular formula is C54H36N2. The Hall–Kier alpha value is -7.21. The van der Waals surface area contributed by atoms with Crippen LogP contribution in [0.4, 0.5) is 0 Å². The van der Waals surface area contributed by atoms with E-state index < -0.39 is 0 Å². The van der Waals surface area contributed by atoms with Gasteiger partial charge in [-0.05, 0) is 138 Å². The Morgan fingerprint density at radius 2 is 1.12 bits per heavy atom. The van der Waals surface area contributed by atoms with Crippen molar-refractivity contribution in [1.29, 1.82) is 0 Å². The maximum atomic E-state index is 5.06. The number of allylic oxidation sites excluding steroid dienone is 1. The van der Waals surface area contributed by atoms with Gasteiger partial charge in [0, 0.05) is 11.3 Å². The number of hydrogen-bond acceptors (Lipinski definition) is 1. The van der Waals surface area contributed by atoms with Crippen molar-refractivity contribution in [3.8, 4) is 39.3 Å². The van der Waals surface area contributed by atoms with E-state index in [1.165, 1.54) is 76.8 Å². The zero-order valence-corrected chi connectivity index (χ0v) is 31.0. The van der Waals surface area contributed by atoms with Gasteiger partial charge in [0.25, 0.3) is 0 Å². The quantitative estimate of drug-likeness (QED) is 0.174. The SMILES string of the molecule is CC1Cc2c(c(-c3ccc4ccccc4c3)c3ccccc3c2-c2ccc3ccccc3c2)C=C1c1ccc(-c2nc3c#cccc3n2-c2ccccc2)cc1. The molecule has 10 aromatic rings. The first kappa shape index (κ1) is 32.2. The minimum absolute atomic E-state index is 0.303. The molecule has 2 heteroatoms. The predicted octanol–water partition coefficient (Wildman–Crippen LogP) is 13.8. The Bertz CT molecular complexity index is 3170. The van der Waals surface area contributed by atoms with Crippen LogP contribution in [0.25, 0.3) is 94.3 Å². The van der Waals surface area contributed by atoms with Crippen molar-refractivity contribution >= 4 is 55.0 Å². The third-order valence-corrected chi connectivity index (χ3v) is 11.7. The molecule has 0 amide bonds. The Balaban J connectivity index is 1.12. The molecule has 56 heavy (non-hydrogen) atoms. The third kappa shape index (κ3) is 5.24.